The van der Waals surface area contributed by atoms with Crippen molar-refractivity contribution in [3.05, 3.63) is 67.6 Å². The molecule has 9 nitrogen and oxygen atoms in total. The summed E-state index contributed by atoms with van der Waals surface area (Å²) in [6.07, 6.45) is 0. The van der Waals surface area contributed by atoms with E-state index in [0.717, 1.165) is 10.6 Å². The maximum absolute atomic E-state index is 12.8. The number of ether oxygens (including phenoxy) is 2. The number of benzene rings is 1. The highest BCUT2D eigenvalue weighted by molar-refractivity contribution is 5.95. The molecule has 0 bridgehead atoms. The second-order valence-electron chi connectivity index (χ2n) is 5.18. The lowest BCUT2D eigenvalue weighted by Crippen LogP contribution is -2.30. The molecule has 0 amide bonds. The number of carbonyl (C=O) groups excluding carboxylic acids is 2. The third kappa shape index (κ3) is 3.46. The van der Waals surface area contributed by atoms with Crippen LogP contribution in [-0.4, -0.2) is 35.1 Å². The number of nitro benzene ring substituents is 1. The molecule has 0 saturated carbocycles. The van der Waals surface area contributed by atoms with E-state index in [9.17, 15) is 24.5 Å². The van der Waals surface area contributed by atoms with E-state index in [1.807, 2.05) is 0 Å². The van der Waals surface area contributed by atoms with Crippen molar-refractivity contribution in [1.29, 1.82) is 0 Å². The fourth-order valence-electron chi connectivity index (χ4n) is 2.41. The summed E-state index contributed by atoms with van der Waals surface area (Å²) in [4.78, 5) is 47.1. The first-order valence-electron chi connectivity index (χ1n) is 7.58. The summed E-state index contributed by atoms with van der Waals surface area (Å²) in [6.45, 7) is 3.14. The summed E-state index contributed by atoms with van der Waals surface area (Å²) in [7, 11) is 1.17. The van der Waals surface area contributed by atoms with Crippen molar-refractivity contribution >= 4 is 17.6 Å². The average Bonchev–Trinajstić information content (AvgIpc) is 2.62. The van der Waals surface area contributed by atoms with E-state index in [4.69, 9.17) is 9.47 Å². The standard InChI is InChI=1S/C17H16N2O7/c1-4-26-17(22)14-9-13(16(21)25-3)10(2)18(15(14)20)11-5-7-12(8-6-11)19(23)24/h5-9H,4H2,1-3H3. The van der Waals surface area contributed by atoms with E-state index < -0.39 is 22.4 Å². The molecule has 2 aromatic rings. The zero-order chi connectivity index (χ0) is 19.4. The zero-order valence-electron chi connectivity index (χ0n) is 14.3. The molecule has 0 aliphatic rings. The second-order valence-corrected chi connectivity index (χ2v) is 5.18. The fraction of sp³-hybridized carbons (Fsp3) is 0.235. The van der Waals surface area contributed by atoms with Gasteiger partial charge in [0.1, 0.15) is 5.56 Å². The number of esters is 2. The Morgan fingerprint density at radius 1 is 1.15 bits per heavy atom. The van der Waals surface area contributed by atoms with E-state index in [-0.39, 0.29) is 34.8 Å². The Morgan fingerprint density at radius 3 is 2.27 bits per heavy atom. The first-order valence-corrected chi connectivity index (χ1v) is 7.58. The molecule has 26 heavy (non-hydrogen) atoms. The van der Waals surface area contributed by atoms with Crippen LogP contribution in [-0.2, 0) is 9.47 Å². The van der Waals surface area contributed by atoms with Crippen LogP contribution in [0.3, 0.4) is 0 Å². The van der Waals surface area contributed by atoms with Gasteiger partial charge in [-0.05, 0) is 32.0 Å². The van der Waals surface area contributed by atoms with Crippen molar-refractivity contribution in [2.45, 2.75) is 13.8 Å². The molecule has 2 rings (SSSR count). The Morgan fingerprint density at radius 2 is 1.77 bits per heavy atom. The first kappa shape index (κ1) is 18.8. The minimum atomic E-state index is -0.877. The Balaban J connectivity index is 2.76. The monoisotopic (exact) mass is 360 g/mol. The molecule has 0 N–H and O–H groups in total. The number of carbonyl (C=O) groups is 2. The second kappa shape index (κ2) is 7.60. The lowest BCUT2D eigenvalue weighted by Gasteiger charge is -2.15. The highest BCUT2D eigenvalue weighted by Crippen LogP contribution is 2.18. The molecular weight excluding hydrogens is 344 g/mol. The SMILES string of the molecule is CCOC(=O)c1cc(C(=O)OC)c(C)n(-c2ccc([N+](=O)[O-])cc2)c1=O. The number of rotatable bonds is 5. The molecule has 0 spiro atoms. The van der Waals surface area contributed by atoms with Crippen LogP contribution in [0.5, 0.6) is 0 Å². The van der Waals surface area contributed by atoms with Gasteiger partial charge in [0.15, 0.2) is 0 Å². The Labute approximate surface area is 147 Å². The van der Waals surface area contributed by atoms with E-state index in [2.05, 4.69) is 0 Å². The molecule has 1 aromatic heterocycles. The van der Waals surface area contributed by atoms with Gasteiger partial charge in [0.05, 0.1) is 24.2 Å². The van der Waals surface area contributed by atoms with Crippen molar-refractivity contribution in [1.82, 2.24) is 4.57 Å². The molecule has 0 atom stereocenters. The predicted molar refractivity (Wildman–Crippen MR) is 90.7 cm³/mol. The topological polar surface area (TPSA) is 118 Å². The van der Waals surface area contributed by atoms with E-state index in [1.165, 1.54) is 38.3 Å². The highest BCUT2D eigenvalue weighted by Gasteiger charge is 2.23. The predicted octanol–water partition coefficient (Wildman–Crippen LogP) is 2.02. The van der Waals surface area contributed by atoms with Crippen molar-refractivity contribution < 1.29 is 24.0 Å². The Hall–Kier alpha value is -3.49. The highest BCUT2D eigenvalue weighted by atomic mass is 16.6. The minimum Gasteiger partial charge on any atom is -0.465 e. The summed E-state index contributed by atoms with van der Waals surface area (Å²) in [5.41, 5.74) is -0.709. The molecule has 1 heterocycles. The number of pyridine rings is 1. The molecule has 9 heteroatoms. The maximum atomic E-state index is 12.8. The van der Waals surface area contributed by atoms with Crippen LogP contribution < -0.4 is 5.56 Å². The molecule has 0 radical (unpaired) electrons. The van der Waals surface area contributed by atoms with Gasteiger partial charge in [-0.1, -0.05) is 0 Å². The summed E-state index contributed by atoms with van der Waals surface area (Å²) >= 11 is 0. The summed E-state index contributed by atoms with van der Waals surface area (Å²) in [6, 6.07) is 6.26. The van der Waals surface area contributed by atoms with Crippen molar-refractivity contribution in [2.24, 2.45) is 0 Å². The Bertz CT molecular complexity index is 929. The number of methoxy groups -OCH3 is 1. The van der Waals surface area contributed by atoms with E-state index in [0.29, 0.717) is 0 Å². The summed E-state index contributed by atoms with van der Waals surface area (Å²) < 4.78 is 10.7. The maximum Gasteiger partial charge on any atom is 0.343 e. The minimum absolute atomic E-state index is 0.00788. The first-order chi connectivity index (χ1) is 12.3. The molecule has 0 unspecified atom stereocenters. The number of nitrogens with zero attached hydrogens (tertiary/aromatic N) is 2. The van der Waals surface area contributed by atoms with Crippen LogP contribution in [0.4, 0.5) is 5.69 Å². The Kier molecular flexibility index (Phi) is 5.51. The van der Waals surface area contributed by atoms with Gasteiger partial charge in [-0.2, -0.15) is 0 Å². The molecule has 0 saturated heterocycles. The number of nitro groups is 1. The molecule has 0 fully saturated rings. The van der Waals surface area contributed by atoms with E-state index >= 15 is 0 Å². The third-order valence-corrected chi connectivity index (χ3v) is 3.67. The molecule has 1 aromatic carbocycles. The van der Waals surface area contributed by atoms with Crippen LogP contribution in [0.15, 0.2) is 35.1 Å². The molecule has 0 aliphatic heterocycles. The quantitative estimate of drug-likeness (QED) is 0.455. The normalized spacial score (nSPS) is 10.3. The lowest BCUT2D eigenvalue weighted by atomic mass is 10.1. The van der Waals surface area contributed by atoms with Crippen molar-refractivity contribution in [2.75, 3.05) is 13.7 Å². The van der Waals surface area contributed by atoms with Gasteiger partial charge < -0.3 is 9.47 Å². The summed E-state index contributed by atoms with van der Waals surface area (Å²) in [5, 5.41) is 10.8. The molecular formula is C17H16N2O7. The van der Waals surface area contributed by atoms with Gasteiger partial charge >= 0.3 is 11.9 Å². The van der Waals surface area contributed by atoms with Gasteiger partial charge in [-0.15, -0.1) is 0 Å². The zero-order valence-corrected chi connectivity index (χ0v) is 14.3. The van der Waals surface area contributed by atoms with E-state index in [1.54, 1.807) is 6.92 Å². The number of non-ortho nitro benzene ring substituents is 1. The fourth-order valence-corrected chi connectivity index (χ4v) is 2.41. The van der Waals surface area contributed by atoms with Gasteiger partial charge in [-0.3, -0.25) is 19.5 Å². The van der Waals surface area contributed by atoms with Crippen molar-refractivity contribution in [3.63, 3.8) is 0 Å². The largest absolute Gasteiger partial charge is 0.465 e. The van der Waals surface area contributed by atoms with Crippen molar-refractivity contribution in [3.8, 4) is 5.69 Å². The van der Waals surface area contributed by atoms with Crippen LogP contribution in [0, 0.1) is 17.0 Å². The average molecular weight is 360 g/mol. The van der Waals surface area contributed by atoms with Crippen LogP contribution in [0.2, 0.25) is 0 Å². The molecule has 136 valence electrons. The van der Waals surface area contributed by atoms with Gasteiger partial charge in [0.2, 0.25) is 0 Å². The van der Waals surface area contributed by atoms with Crippen LogP contribution in [0.1, 0.15) is 33.3 Å². The molecule has 0 aliphatic carbocycles. The smallest absolute Gasteiger partial charge is 0.343 e. The third-order valence-electron chi connectivity index (χ3n) is 3.67. The number of aromatic nitrogens is 1. The number of hydrogen-bond donors (Lipinski definition) is 0. The van der Waals surface area contributed by atoms with Gasteiger partial charge in [-0.25, -0.2) is 9.59 Å². The lowest BCUT2D eigenvalue weighted by molar-refractivity contribution is -0.384. The summed E-state index contributed by atoms with van der Waals surface area (Å²) in [5.74, 6) is -1.61. The van der Waals surface area contributed by atoms with Crippen LogP contribution >= 0.6 is 0 Å². The van der Waals surface area contributed by atoms with Crippen LogP contribution in [0.25, 0.3) is 5.69 Å². The van der Waals surface area contributed by atoms with Gasteiger partial charge in [0.25, 0.3) is 11.2 Å². The number of hydrogen-bond acceptors (Lipinski definition) is 7. The van der Waals surface area contributed by atoms with Gasteiger partial charge in [0, 0.05) is 23.5 Å².